The van der Waals surface area contributed by atoms with Crippen molar-refractivity contribution in [2.45, 2.75) is 31.5 Å². The van der Waals surface area contributed by atoms with Gasteiger partial charge in [-0.1, -0.05) is 47.6 Å². The summed E-state index contributed by atoms with van der Waals surface area (Å²) in [5.74, 6) is 2.00. The van der Waals surface area contributed by atoms with Crippen molar-refractivity contribution in [2.75, 3.05) is 5.73 Å². The maximum absolute atomic E-state index is 5.83. The number of rotatable bonds is 7. The van der Waals surface area contributed by atoms with Gasteiger partial charge >= 0.3 is 6.01 Å². The number of benzene rings is 2. The van der Waals surface area contributed by atoms with Gasteiger partial charge in [-0.2, -0.15) is 4.98 Å². The maximum atomic E-state index is 5.83. The average Bonchev–Trinajstić information content (AvgIpc) is 3.32. The van der Waals surface area contributed by atoms with Crippen LogP contribution in [0.25, 0.3) is 0 Å². The van der Waals surface area contributed by atoms with E-state index in [0.29, 0.717) is 30.9 Å². The van der Waals surface area contributed by atoms with Gasteiger partial charge in [0.15, 0.2) is 5.82 Å². The minimum atomic E-state index is 0.107. The minimum absolute atomic E-state index is 0.107. The summed E-state index contributed by atoms with van der Waals surface area (Å²) in [5, 5.41) is 7.20. The number of aromatic nitrogens is 2. The predicted molar refractivity (Wildman–Crippen MR) is 93.9 cm³/mol. The third-order valence-electron chi connectivity index (χ3n) is 4.35. The minimum Gasteiger partial charge on any atom is -0.489 e. The van der Waals surface area contributed by atoms with Crippen LogP contribution >= 0.6 is 0 Å². The zero-order chi connectivity index (χ0) is 17.1. The van der Waals surface area contributed by atoms with Gasteiger partial charge in [0.25, 0.3) is 0 Å². The number of hydrogen-bond donors (Lipinski definition) is 2. The third kappa shape index (κ3) is 3.97. The molecule has 128 valence electrons. The van der Waals surface area contributed by atoms with Gasteiger partial charge in [0, 0.05) is 12.0 Å². The van der Waals surface area contributed by atoms with Crippen molar-refractivity contribution in [2.24, 2.45) is 0 Å². The summed E-state index contributed by atoms with van der Waals surface area (Å²) in [6, 6.07) is 19.1. The van der Waals surface area contributed by atoms with Gasteiger partial charge in [-0.3, -0.25) is 0 Å². The van der Waals surface area contributed by atoms with Crippen molar-refractivity contribution in [3.8, 4) is 5.75 Å². The summed E-state index contributed by atoms with van der Waals surface area (Å²) in [4.78, 5) is 3.99. The van der Waals surface area contributed by atoms with E-state index in [0.717, 1.165) is 12.2 Å². The van der Waals surface area contributed by atoms with Crippen LogP contribution in [0.15, 0.2) is 59.1 Å². The highest BCUT2D eigenvalue weighted by molar-refractivity contribution is 5.34. The Balaban J connectivity index is 1.26. The van der Waals surface area contributed by atoms with Crippen molar-refractivity contribution in [3.05, 3.63) is 71.5 Å². The molecule has 0 saturated heterocycles. The molecular formula is C19H20N4O2. The summed E-state index contributed by atoms with van der Waals surface area (Å²) in [5.41, 5.74) is 7.90. The highest BCUT2D eigenvalue weighted by Gasteiger charge is 2.37. The van der Waals surface area contributed by atoms with Gasteiger partial charge in [0.1, 0.15) is 12.4 Å². The number of nitrogens with two attached hydrogens (primary N) is 1. The molecule has 1 unspecified atom stereocenters. The summed E-state index contributed by atoms with van der Waals surface area (Å²) in [6.07, 6.45) is 1.11. The second-order valence-electron chi connectivity index (χ2n) is 6.22. The van der Waals surface area contributed by atoms with Crippen LogP contribution in [0.2, 0.25) is 0 Å². The topological polar surface area (TPSA) is 86.2 Å². The first-order valence-corrected chi connectivity index (χ1v) is 8.36. The molecule has 0 radical (unpaired) electrons. The molecule has 0 amide bonds. The standard InChI is InChI=1S/C19H20N4O2/c20-19-22-18(23-25-19)11-21-17-10-16(17)14-6-8-15(9-7-14)24-12-13-4-2-1-3-5-13/h1-9,16-17,21H,10-12H2,(H2,20,22,23)/t16?,17-/m0/s1. The molecule has 1 aromatic heterocycles. The van der Waals surface area contributed by atoms with Gasteiger partial charge < -0.3 is 20.3 Å². The SMILES string of the molecule is Nc1nc(CN[C@H]2CC2c2ccc(OCc3ccccc3)cc2)no1. The van der Waals surface area contributed by atoms with Crippen LogP contribution in [0.3, 0.4) is 0 Å². The molecule has 1 aliphatic carbocycles. The third-order valence-corrected chi connectivity index (χ3v) is 4.35. The highest BCUT2D eigenvalue weighted by atomic mass is 16.5. The number of anilines is 1. The van der Waals surface area contributed by atoms with Crippen LogP contribution in [0.4, 0.5) is 6.01 Å². The van der Waals surface area contributed by atoms with Crippen LogP contribution in [-0.4, -0.2) is 16.2 Å². The van der Waals surface area contributed by atoms with Gasteiger partial charge in [0.05, 0.1) is 6.54 Å². The van der Waals surface area contributed by atoms with Crippen LogP contribution in [0.5, 0.6) is 5.75 Å². The van der Waals surface area contributed by atoms with Crippen LogP contribution in [0, 0.1) is 0 Å². The first-order valence-electron chi connectivity index (χ1n) is 8.36. The Bertz CT molecular complexity index is 817. The maximum Gasteiger partial charge on any atom is 0.318 e. The molecule has 3 aromatic rings. The van der Waals surface area contributed by atoms with E-state index in [1.807, 2.05) is 30.3 Å². The molecule has 6 heteroatoms. The molecule has 2 atom stereocenters. The Morgan fingerprint density at radius 1 is 1.12 bits per heavy atom. The van der Waals surface area contributed by atoms with E-state index in [4.69, 9.17) is 15.0 Å². The second-order valence-corrected chi connectivity index (χ2v) is 6.22. The van der Waals surface area contributed by atoms with E-state index < -0.39 is 0 Å². The molecule has 4 rings (SSSR count). The summed E-state index contributed by atoms with van der Waals surface area (Å²) in [7, 11) is 0. The van der Waals surface area contributed by atoms with E-state index in [2.05, 4.69) is 39.7 Å². The predicted octanol–water partition coefficient (Wildman–Crippen LogP) is 2.88. The van der Waals surface area contributed by atoms with Crippen LogP contribution in [-0.2, 0) is 13.2 Å². The molecule has 1 heterocycles. The number of hydrogen-bond acceptors (Lipinski definition) is 6. The van der Waals surface area contributed by atoms with Crippen molar-refractivity contribution >= 4 is 6.01 Å². The van der Waals surface area contributed by atoms with E-state index >= 15 is 0 Å². The monoisotopic (exact) mass is 336 g/mol. The highest BCUT2D eigenvalue weighted by Crippen LogP contribution is 2.41. The molecule has 2 aromatic carbocycles. The lowest BCUT2D eigenvalue weighted by Gasteiger charge is -2.07. The lowest BCUT2D eigenvalue weighted by atomic mass is 10.1. The largest absolute Gasteiger partial charge is 0.489 e. The van der Waals surface area contributed by atoms with Crippen molar-refractivity contribution in [1.82, 2.24) is 15.5 Å². The molecular weight excluding hydrogens is 316 g/mol. The Labute approximate surface area is 146 Å². The molecule has 0 bridgehead atoms. The van der Waals surface area contributed by atoms with Gasteiger partial charge in [0.2, 0.25) is 0 Å². The zero-order valence-electron chi connectivity index (χ0n) is 13.8. The van der Waals surface area contributed by atoms with Gasteiger partial charge in [-0.25, -0.2) is 0 Å². The summed E-state index contributed by atoms with van der Waals surface area (Å²) >= 11 is 0. The number of nitrogen functional groups attached to an aromatic ring is 1. The molecule has 6 nitrogen and oxygen atoms in total. The fourth-order valence-corrected chi connectivity index (χ4v) is 2.90. The molecule has 1 aliphatic rings. The second kappa shape index (κ2) is 6.94. The Hall–Kier alpha value is -2.86. The van der Waals surface area contributed by atoms with Crippen molar-refractivity contribution < 1.29 is 9.26 Å². The Kier molecular flexibility index (Phi) is 4.35. The normalized spacial score (nSPS) is 18.9. The Morgan fingerprint density at radius 3 is 2.64 bits per heavy atom. The van der Waals surface area contributed by atoms with E-state index in [1.54, 1.807) is 0 Å². The number of nitrogens with one attached hydrogen (secondary N) is 1. The van der Waals surface area contributed by atoms with Gasteiger partial charge in [-0.05, 0) is 29.7 Å². The molecule has 1 fully saturated rings. The van der Waals surface area contributed by atoms with E-state index in [9.17, 15) is 0 Å². The van der Waals surface area contributed by atoms with Crippen molar-refractivity contribution in [1.29, 1.82) is 0 Å². The molecule has 1 saturated carbocycles. The lowest BCUT2D eigenvalue weighted by molar-refractivity contribution is 0.306. The van der Waals surface area contributed by atoms with E-state index in [-0.39, 0.29) is 6.01 Å². The molecule has 3 N–H and O–H groups in total. The zero-order valence-corrected chi connectivity index (χ0v) is 13.8. The molecule has 0 spiro atoms. The van der Waals surface area contributed by atoms with Crippen LogP contribution in [0.1, 0.15) is 29.3 Å². The quantitative estimate of drug-likeness (QED) is 0.690. The van der Waals surface area contributed by atoms with Crippen LogP contribution < -0.4 is 15.8 Å². The number of nitrogens with zero attached hydrogens (tertiary/aromatic N) is 2. The summed E-state index contributed by atoms with van der Waals surface area (Å²) < 4.78 is 10.6. The number of ether oxygens (including phenoxy) is 1. The first kappa shape index (κ1) is 15.7. The smallest absolute Gasteiger partial charge is 0.318 e. The molecule has 0 aliphatic heterocycles. The Morgan fingerprint density at radius 2 is 1.92 bits per heavy atom. The molecule has 25 heavy (non-hydrogen) atoms. The lowest BCUT2D eigenvalue weighted by Crippen LogP contribution is -2.18. The average molecular weight is 336 g/mol. The van der Waals surface area contributed by atoms with E-state index in [1.165, 1.54) is 11.1 Å². The fraction of sp³-hybridized carbons (Fsp3) is 0.263. The summed E-state index contributed by atoms with van der Waals surface area (Å²) in [6.45, 7) is 1.15. The van der Waals surface area contributed by atoms with Crippen molar-refractivity contribution in [3.63, 3.8) is 0 Å². The van der Waals surface area contributed by atoms with Gasteiger partial charge in [-0.15, -0.1) is 0 Å². The first-order chi connectivity index (χ1) is 12.3. The fourth-order valence-electron chi connectivity index (χ4n) is 2.90.